The third kappa shape index (κ3) is 4.72. The Bertz CT molecular complexity index is 832. The molecule has 28 heavy (non-hydrogen) atoms. The summed E-state index contributed by atoms with van der Waals surface area (Å²) in [5.74, 6) is 0.753. The fourth-order valence-corrected chi connectivity index (χ4v) is 3.08. The van der Waals surface area contributed by atoms with Crippen molar-refractivity contribution in [2.75, 3.05) is 6.61 Å². The standard InChI is InChI=1S/C19H23BN2O5.H2S/c1-11(2)14(9-23)6-16(24)15-7-22-18(8-21-15)27-17-5-4-13-10-26-20(25)19(13)12(17)3;/h4-5,7-8,11,14,23,25H,6,9-10H2,1-3H3;1H2/t14-;/m1./s1. The van der Waals surface area contributed by atoms with Gasteiger partial charge in [0, 0.05) is 13.0 Å². The molecule has 0 amide bonds. The minimum Gasteiger partial charge on any atom is -0.437 e. The van der Waals surface area contributed by atoms with Gasteiger partial charge in [0.25, 0.3) is 0 Å². The first-order chi connectivity index (χ1) is 12.9. The van der Waals surface area contributed by atoms with Crippen LogP contribution in [0.5, 0.6) is 11.6 Å². The van der Waals surface area contributed by atoms with Gasteiger partial charge in [-0.3, -0.25) is 4.79 Å². The summed E-state index contributed by atoms with van der Waals surface area (Å²) in [6, 6.07) is 3.64. The maximum atomic E-state index is 12.3. The van der Waals surface area contributed by atoms with E-state index in [0.717, 1.165) is 16.6 Å². The minimum atomic E-state index is -0.949. The summed E-state index contributed by atoms with van der Waals surface area (Å²) in [6.07, 6.45) is 3.01. The summed E-state index contributed by atoms with van der Waals surface area (Å²) in [5, 5.41) is 19.3. The van der Waals surface area contributed by atoms with Gasteiger partial charge in [0.05, 0.1) is 19.0 Å². The number of ether oxygens (including phenoxy) is 1. The van der Waals surface area contributed by atoms with E-state index in [1.54, 1.807) is 6.07 Å². The highest BCUT2D eigenvalue weighted by atomic mass is 32.1. The monoisotopic (exact) mass is 404 g/mol. The van der Waals surface area contributed by atoms with Gasteiger partial charge in [-0.05, 0) is 41.4 Å². The van der Waals surface area contributed by atoms with Crippen molar-refractivity contribution in [3.8, 4) is 11.6 Å². The van der Waals surface area contributed by atoms with Gasteiger partial charge in [-0.25, -0.2) is 9.97 Å². The molecule has 1 aliphatic heterocycles. The molecular formula is C19H25BN2O5S. The number of aliphatic hydroxyl groups excluding tert-OH is 1. The number of ketones is 1. The molecular weight excluding hydrogens is 379 g/mol. The fraction of sp³-hybridized carbons (Fsp3) is 0.421. The quantitative estimate of drug-likeness (QED) is 0.536. The SMILES string of the molecule is Cc1c(Oc2cnc(C(=O)C[C@H](CO)C(C)C)cn2)ccc2c1B(O)OC2.S. The Balaban J connectivity index is 0.00000280. The molecule has 1 aromatic carbocycles. The molecule has 0 bridgehead atoms. The number of aromatic nitrogens is 2. The molecule has 2 aromatic rings. The van der Waals surface area contributed by atoms with Crippen LogP contribution in [0.15, 0.2) is 24.5 Å². The zero-order valence-corrected chi connectivity index (χ0v) is 17.2. The predicted molar refractivity (Wildman–Crippen MR) is 110 cm³/mol. The largest absolute Gasteiger partial charge is 0.492 e. The van der Waals surface area contributed by atoms with Crippen LogP contribution in [0, 0.1) is 18.8 Å². The number of rotatable bonds is 7. The highest BCUT2D eigenvalue weighted by Gasteiger charge is 2.30. The Morgan fingerprint density at radius 2 is 2.07 bits per heavy atom. The lowest BCUT2D eigenvalue weighted by Crippen LogP contribution is -2.30. The van der Waals surface area contributed by atoms with Crippen LogP contribution in [0.2, 0.25) is 0 Å². The second kappa shape index (κ2) is 9.51. The fourth-order valence-electron chi connectivity index (χ4n) is 3.08. The van der Waals surface area contributed by atoms with Crippen molar-refractivity contribution in [3.63, 3.8) is 0 Å². The molecule has 0 aliphatic carbocycles. The lowest BCUT2D eigenvalue weighted by Gasteiger charge is -2.16. The predicted octanol–water partition coefficient (Wildman–Crippen LogP) is 1.75. The van der Waals surface area contributed by atoms with Crippen LogP contribution >= 0.6 is 13.5 Å². The van der Waals surface area contributed by atoms with Gasteiger partial charge in [-0.15, -0.1) is 0 Å². The molecule has 0 saturated heterocycles. The number of carbonyl (C=O) groups excluding carboxylic acids is 1. The maximum Gasteiger partial charge on any atom is 0.492 e. The number of nitrogens with zero attached hydrogens (tertiary/aromatic N) is 2. The molecule has 2 heterocycles. The third-order valence-corrected chi connectivity index (χ3v) is 4.95. The highest BCUT2D eigenvalue weighted by Crippen LogP contribution is 2.26. The minimum absolute atomic E-state index is 0. The molecule has 0 fully saturated rings. The van der Waals surface area contributed by atoms with Crippen LogP contribution in [0.25, 0.3) is 0 Å². The molecule has 7 nitrogen and oxygen atoms in total. The van der Waals surface area contributed by atoms with Crippen LogP contribution in [0.1, 0.15) is 41.9 Å². The van der Waals surface area contributed by atoms with E-state index in [9.17, 15) is 14.9 Å². The molecule has 3 rings (SSSR count). The molecule has 1 aliphatic rings. The first kappa shape index (κ1) is 22.4. The van der Waals surface area contributed by atoms with Gasteiger partial charge in [0.15, 0.2) is 5.78 Å². The lowest BCUT2D eigenvalue weighted by atomic mass is 9.76. The average Bonchev–Trinajstić information content (AvgIpc) is 3.03. The first-order valence-corrected chi connectivity index (χ1v) is 8.96. The Morgan fingerprint density at radius 3 is 2.68 bits per heavy atom. The Labute approximate surface area is 171 Å². The van der Waals surface area contributed by atoms with E-state index < -0.39 is 7.12 Å². The third-order valence-electron chi connectivity index (χ3n) is 4.95. The topological polar surface area (TPSA) is 102 Å². The van der Waals surface area contributed by atoms with Gasteiger partial charge in [-0.2, -0.15) is 13.5 Å². The Morgan fingerprint density at radius 1 is 1.32 bits per heavy atom. The second-order valence-corrected chi connectivity index (χ2v) is 7.08. The first-order valence-electron chi connectivity index (χ1n) is 8.96. The van der Waals surface area contributed by atoms with E-state index in [0.29, 0.717) is 12.4 Å². The number of carbonyl (C=O) groups is 1. The van der Waals surface area contributed by atoms with E-state index >= 15 is 0 Å². The normalized spacial score (nSPS) is 13.9. The number of benzene rings is 1. The summed E-state index contributed by atoms with van der Waals surface area (Å²) in [4.78, 5) is 20.6. The van der Waals surface area contributed by atoms with Crippen molar-refractivity contribution >= 4 is 31.9 Å². The van der Waals surface area contributed by atoms with Crippen LogP contribution < -0.4 is 10.2 Å². The molecule has 150 valence electrons. The summed E-state index contributed by atoms with van der Waals surface area (Å²) >= 11 is 0. The van der Waals surface area contributed by atoms with Gasteiger partial charge in [0.2, 0.25) is 5.88 Å². The zero-order chi connectivity index (χ0) is 19.6. The van der Waals surface area contributed by atoms with Crippen molar-refractivity contribution in [2.45, 2.75) is 33.8 Å². The van der Waals surface area contributed by atoms with E-state index in [4.69, 9.17) is 9.39 Å². The smallest absolute Gasteiger partial charge is 0.437 e. The molecule has 0 radical (unpaired) electrons. The van der Waals surface area contributed by atoms with E-state index in [-0.39, 0.29) is 55.7 Å². The van der Waals surface area contributed by atoms with Gasteiger partial charge in [0.1, 0.15) is 11.4 Å². The average molecular weight is 404 g/mol. The van der Waals surface area contributed by atoms with Crippen molar-refractivity contribution < 1.29 is 24.3 Å². The summed E-state index contributed by atoms with van der Waals surface area (Å²) < 4.78 is 11.0. The molecule has 9 heteroatoms. The summed E-state index contributed by atoms with van der Waals surface area (Å²) in [7, 11) is -0.949. The number of hydrogen-bond acceptors (Lipinski definition) is 7. The zero-order valence-electron chi connectivity index (χ0n) is 16.2. The number of hydrogen-bond donors (Lipinski definition) is 2. The Hall–Kier alpha value is -1.94. The van der Waals surface area contributed by atoms with Crippen molar-refractivity contribution in [1.82, 2.24) is 9.97 Å². The molecule has 1 aromatic heterocycles. The van der Waals surface area contributed by atoms with Crippen LogP contribution in [-0.2, 0) is 11.3 Å². The summed E-state index contributed by atoms with van der Waals surface area (Å²) in [6.45, 7) is 6.12. The van der Waals surface area contributed by atoms with Crippen molar-refractivity contribution in [2.24, 2.45) is 11.8 Å². The number of aliphatic hydroxyl groups is 1. The second-order valence-electron chi connectivity index (χ2n) is 7.08. The van der Waals surface area contributed by atoms with Crippen molar-refractivity contribution in [3.05, 3.63) is 41.3 Å². The van der Waals surface area contributed by atoms with Crippen molar-refractivity contribution in [1.29, 1.82) is 0 Å². The molecule has 0 saturated carbocycles. The van der Waals surface area contributed by atoms with Gasteiger partial charge < -0.3 is 19.5 Å². The van der Waals surface area contributed by atoms with Gasteiger partial charge in [-0.1, -0.05) is 19.9 Å². The molecule has 2 N–H and O–H groups in total. The highest BCUT2D eigenvalue weighted by molar-refractivity contribution is 7.59. The lowest BCUT2D eigenvalue weighted by molar-refractivity contribution is 0.0902. The van der Waals surface area contributed by atoms with Crippen LogP contribution in [-0.4, -0.2) is 39.6 Å². The van der Waals surface area contributed by atoms with Gasteiger partial charge >= 0.3 is 7.12 Å². The molecule has 1 atom stereocenters. The molecule has 0 unspecified atom stereocenters. The van der Waals surface area contributed by atoms with E-state index in [1.807, 2.05) is 26.8 Å². The summed E-state index contributed by atoms with van der Waals surface area (Å²) in [5.41, 5.74) is 2.68. The van der Waals surface area contributed by atoms with Crippen LogP contribution in [0.4, 0.5) is 0 Å². The number of Topliss-reactive ketones (excluding diaryl/α,β-unsaturated/α-hetero) is 1. The Kier molecular flexibility index (Phi) is 7.59. The number of fused-ring (bicyclic) bond motifs is 1. The van der Waals surface area contributed by atoms with E-state index in [2.05, 4.69) is 9.97 Å². The maximum absolute atomic E-state index is 12.3. The van der Waals surface area contributed by atoms with Crippen LogP contribution in [0.3, 0.4) is 0 Å². The molecule has 0 spiro atoms. The van der Waals surface area contributed by atoms with E-state index in [1.165, 1.54) is 12.4 Å².